The van der Waals surface area contributed by atoms with Gasteiger partial charge in [-0.05, 0) is 59.7 Å². The van der Waals surface area contributed by atoms with E-state index >= 15 is 0 Å². The standard InChI is InChI=1S/C20H42N4OS/c1-5-21-20(22-15-10-8-7-9-11-16-24(3)4)23-18-13-12-14-19(17-18)26(25)6-2/h18-19H,5-17H2,1-4H3,(H2,21,22,23). The number of guanidine groups is 1. The molecular formula is C20H42N4OS. The Bertz CT molecular complexity index is 415. The van der Waals surface area contributed by atoms with Gasteiger partial charge in [-0.3, -0.25) is 9.20 Å². The van der Waals surface area contributed by atoms with Gasteiger partial charge in [0, 0.05) is 40.9 Å². The summed E-state index contributed by atoms with van der Waals surface area (Å²) >= 11 is 0. The molecule has 0 aromatic rings. The molecule has 0 aliphatic heterocycles. The summed E-state index contributed by atoms with van der Waals surface area (Å²) < 4.78 is 12.1. The van der Waals surface area contributed by atoms with Crippen LogP contribution in [0.15, 0.2) is 4.99 Å². The van der Waals surface area contributed by atoms with Gasteiger partial charge in [-0.1, -0.05) is 32.6 Å². The minimum atomic E-state index is -0.670. The van der Waals surface area contributed by atoms with Crippen LogP contribution in [0.1, 0.15) is 71.6 Å². The molecule has 0 amide bonds. The Morgan fingerprint density at radius 2 is 1.85 bits per heavy atom. The van der Waals surface area contributed by atoms with Crippen molar-refractivity contribution in [2.45, 2.75) is 82.9 Å². The van der Waals surface area contributed by atoms with Crippen molar-refractivity contribution in [3.05, 3.63) is 0 Å². The molecule has 1 saturated carbocycles. The molecule has 3 atom stereocenters. The van der Waals surface area contributed by atoms with Crippen LogP contribution in [0.3, 0.4) is 0 Å². The molecule has 0 saturated heterocycles. The van der Waals surface area contributed by atoms with Crippen LogP contribution in [0.25, 0.3) is 0 Å². The fraction of sp³-hybridized carbons (Fsp3) is 0.950. The SMILES string of the molecule is CCNC(=NCCCCCCCN(C)C)NC1CCCC(S(=O)CC)C1. The molecule has 0 spiro atoms. The maximum absolute atomic E-state index is 12.1. The molecule has 1 fully saturated rings. The Morgan fingerprint density at radius 1 is 1.12 bits per heavy atom. The minimum Gasteiger partial charge on any atom is -0.357 e. The van der Waals surface area contributed by atoms with Gasteiger partial charge in [-0.25, -0.2) is 0 Å². The topological polar surface area (TPSA) is 56.7 Å². The normalized spacial score (nSPS) is 22.4. The van der Waals surface area contributed by atoms with Crippen LogP contribution in [0.5, 0.6) is 0 Å². The first-order valence-electron chi connectivity index (χ1n) is 10.6. The predicted molar refractivity (Wildman–Crippen MR) is 115 cm³/mol. The van der Waals surface area contributed by atoms with Crippen molar-refractivity contribution < 1.29 is 4.21 Å². The summed E-state index contributed by atoms with van der Waals surface area (Å²) in [6.07, 6.45) is 10.8. The van der Waals surface area contributed by atoms with E-state index in [9.17, 15) is 4.21 Å². The molecule has 6 heteroatoms. The van der Waals surface area contributed by atoms with E-state index < -0.39 is 10.8 Å². The number of rotatable bonds is 12. The molecule has 5 nitrogen and oxygen atoms in total. The zero-order valence-electron chi connectivity index (χ0n) is 17.6. The van der Waals surface area contributed by atoms with Gasteiger partial charge in [0.2, 0.25) is 0 Å². The second-order valence-electron chi connectivity index (χ2n) is 7.63. The third-order valence-corrected chi connectivity index (χ3v) is 6.74. The van der Waals surface area contributed by atoms with E-state index in [-0.39, 0.29) is 0 Å². The summed E-state index contributed by atoms with van der Waals surface area (Å²) in [5.41, 5.74) is 0. The highest BCUT2D eigenvalue weighted by Gasteiger charge is 2.25. The molecule has 0 radical (unpaired) electrons. The lowest BCUT2D eigenvalue weighted by Crippen LogP contribution is -2.46. The van der Waals surface area contributed by atoms with Crippen molar-refractivity contribution in [2.24, 2.45) is 4.99 Å². The maximum atomic E-state index is 12.1. The molecule has 3 unspecified atom stereocenters. The Morgan fingerprint density at radius 3 is 2.54 bits per heavy atom. The van der Waals surface area contributed by atoms with Crippen LogP contribution in [0, 0.1) is 0 Å². The minimum absolute atomic E-state index is 0.358. The van der Waals surface area contributed by atoms with E-state index in [1.54, 1.807) is 0 Å². The zero-order chi connectivity index (χ0) is 19.2. The van der Waals surface area contributed by atoms with Crippen molar-refractivity contribution in [3.8, 4) is 0 Å². The summed E-state index contributed by atoms with van der Waals surface area (Å²) in [4.78, 5) is 7.01. The number of nitrogens with one attached hydrogen (secondary N) is 2. The molecular weight excluding hydrogens is 344 g/mol. The third-order valence-electron chi connectivity index (χ3n) is 5.00. The van der Waals surface area contributed by atoms with Gasteiger partial charge in [0.25, 0.3) is 0 Å². The molecule has 0 bridgehead atoms. The van der Waals surface area contributed by atoms with Gasteiger partial charge in [0.1, 0.15) is 0 Å². The van der Waals surface area contributed by atoms with E-state index in [1.807, 2.05) is 6.92 Å². The molecule has 0 heterocycles. The van der Waals surface area contributed by atoms with Gasteiger partial charge in [-0.15, -0.1) is 0 Å². The molecule has 26 heavy (non-hydrogen) atoms. The Labute approximate surface area is 164 Å². The number of aliphatic imine (C=N–C) groups is 1. The average Bonchev–Trinajstić information content (AvgIpc) is 2.63. The molecule has 1 rings (SSSR count). The number of nitrogens with zero attached hydrogens (tertiary/aromatic N) is 2. The van der Waals surface area contributed by atoms with E-state index in [1.165, 1.54) is 38.6 Å². The van der Waals surface area contributed by atoms with E-state index in [0.717, 1.165) is 50.5 Å². The average molecular weight is 387 g/mol. The highest BCUT2D eigenvalue weighted by Crippen LogP contribution is 2.23. The van der Waals surface area contributed by atoms with Crippen molar-refractivity contribution in [1.29, 1.82) is 0 Å². The molecule has 0 aromatic carbocycles. The molecule has 154 valence electrons. The number of hydrogen-bond donors (Lipinski definition) is 2. The van der Waals surface area contributed by atoms with Crippen LogP contribution in [-0.2, 0) is 10.8 Å². The zero-order valence-corrected chi connectivity index (χ0v) is 18.4. The van der Waals surface area contributed by atoms with Crippen LogP contribution in [0.4, 0.5) is 0 Å². The third kappa shape index (κ3) is 10.5. The Balaban J connectivity index is 2.29. The highest BCUT2D eigenvalue weighted by molar-refractivity contribution is 7.85. The fourth-order valence-electron chi connectivity index (χ4n) is 3.52. The molecule has 1 aliphatic carbocycles. The lowest BCUT2D eigenvalue weighted by molar-refractivity contribution is 0.390. The Kier molecular flexibility index (Phi) is 13.0. The second kappa shape index (κ2) is 14.4. The quantitative estimate of drug-likeness (QED) is 0.307. The van der Waals surface area contributed by atoms with E-state index in [0.29, 0.717) is 11.3 Å². The van der Waals surface area contributed by atoms with Crippen molar-refractivity contribution >= 4 is 16.8 Å². The van der Waals surface area contributed by atoms with Crippen molar-refractivity contribution in [3.63, 3.8) is 0 Å². The van der Waals surface area contributed by atoms with E-state index in [4.69, 9.17) is 4.99 Å². The van der Waals surface area contributed by atoms with Crippen molar-refractivity contribution in [2.75, 3.05) is 39.5 Å². The van der Waals surface area contributed by atoms with Crippen LogP contribution in [0.2, 0.25) is 0 Å². The number of unbranched alkanes of at least 4 members (excludes halogenated alkanes) is 4. The van der Waals surface area contributed by atoms with E-state index in [2.05, 4.69) is 36.6 Å². The summed E-state index contributed by atoms with van der Waals surface area (Å²) in [5, 5.41) is 7.32. The first-order valence-corrected chi connectivity index (χ1v) is 12.0. The molecule has 0 aromatic heterocycles. The lowest BCUT2D eigenvalue weighted by atomic mass is 9.95. The summed E-state index contributed by atoms with van der Waals surface area (Å²) in [6.45, 7) is 7.10. The monoisotopic (exact) mass is 386 g/mol. The van der Waals surface area contributed by atoms with Gasteiger partial charge < -0.3 is 15.5 Å². The summed E-state index contributed by atoms with van der Waals surface area (Å²) in [5.74, 6) is 1.72. The van der Waals surface area contributed by atoms with Gasteiger partial charge in [0.05, 0.1) is 0 Å². The van der Waals surface area contributed by atoms with Crippen LogP contribution < -0.4 is 10.6 Å². The summed E-state index contributed by atoms with van der Waals surface area (Å²) in [6, 6.07) is 0.410. The maximum Gasteiger partial charge on any atom is 0.191 e. The smallest absolute Gasteiger partial charge is 0.191 e. The highest BCUT2D eigenvalue weighted by atomic mass is 32.2. The predicted octanol–water partition coefficient (Wildman–Crippen LogP) is 3.13. The van der Waals surface area contributed by atoms with Crippen molar-refractivity contribution in [1.82, 2.24) is 15.5 Å². The fourth-order valence-corrected chi connectivity index (χ4v) is 4.87. The first-order chi connectivity index (χ1) is 12.6. The Hall–Kier alpha value is -0.620. The first kappa shape index (κ1) is 23.4. The van der Waals surface area contributed by atoms with Crippen LogP contribution in [-0.4, -0.2) is 65.8 Å². The van der Waals surface area contributed by atoms with Crippen LogP contribution >= 0.6 is 0 Å². The summed E-state index contributed by atoms with van der Waals surface area (Å²) in [7, 11) is 3.60. The number of hydrogen-bond acceptors (Lipinski definition) is 3. The molecule has 2 N–H and O–H groups in total. The largest absolute Gasteiger partial charge is 0.357 e. The van der Waals surface area contributed by atoms with Gasteiger partial charge in [-0.2, -0.15) is 0 Å². The van der Waals surface area contributed by atoms with Gasteiger partial charge >= 0.3 is 0 Å². The second-order valence-corrected chi connectivity index (χ2v) is 9.64. The molecule has 1 aliphatic rings. The van der Waals surface area contributed by atoms with Gasteiger partial charge in [0.15, 0.2) is 5.96 Å². The lowest BCUT2D eigenvalue weighted by Gasteiger charge is -2.30.